The Kier molecular flexibility index (Phi) is 5.30. The van der Waals surface area contributed by atoms with E-state index in [1.165, 1.54) is 12.1 Å². The summed E-state index contributed by atoms with van der Waals surface area (Å²) in [6.07, 6.45) is 0. The van der Waals surface area contributed by atoms with Gasteiger partial charge in [-0.3, -0.25) is 10.1 Å². The zero-order valence-electron chi connectivity index (χ0n) is 10.7. The van der Waals surface area contributed by atoms with Crippen LogP contribution in [0.15, 0.2) is 40.9 Å². The molecule has 0 aromatic heterocycles. The van der Waals surface area contributed by atoms with E-state index in [-0.39, 0.29) is 12.3 Å². The fourth-order valence-electron chi connectivity index (χ4n) is 1.78. The molecular formula is C14H10Br2FNO3. The van der Waals surface area contributed by atoms with E-state index >= 15 is 0 Å². The van der Waals surface area contributed by atoms with Crippen molar-refractivity contribution < 1.29 is 14.1 Å². The number of benzene rings is 2. The number of alkyl halides is 1. The SMILES string of the molecule is O=[N+]([O-])c1cc(F)cc(COc2ccc(Br)cc2CBr)c1. The smallest absolute Gasteiger partial charge is 0.272 e. The lowest BCUT2D eigenvalue weighted by molar-refractivity contribution is -0.385. The maximum absolute atomic E-state index is 13.3. The molecule has 2 aromatic rings. The van der Waals surface area contributed by atoms with Crippen LogP contribution in [0.4, 0.5) is 10.1 Å². The van der Waals surface area contributed by atoms with Gasteiger partial charge in [0.1, 0.15) is 18.2 Å². The first-order chi connectivity index (χ1) is 9.99. The predicted octanol–water partition coefficient (Wildman–Crippen LogP) is 4.97. The Bertz CT molecular complexity index is 679. The highest BCUT2D eigenvalue weighted by atomic mass is 79.9. The number of non-ortho nitro benzene ring substituents is 1. The Hall–Kier alpha value is -1.47. The third-order valence-electron chi connectivity index (χ3n) is 2.71. The van der Waals surface area contributed by atoms with Crippen LogP contribution in [0.3, 0.4) is 0 Å². The number of halogens is 3. The Morgan fingerprint density at radius 3 is 2.67 bits per heavy atom. The molecular weight excluding hydrogens is 409 g/mol. The first kappa shape index (κ1) is 15.9. The van der Waals surface area contributed by atoms with Crippen LogP contribution in [0.25, 0.3) is 0 Å². The normalized spacial score (nSPS) is 10.4. The van der Waals surface area contributed by atoms with Gasteiger partial charge >= 0.3 is 0 Å². The summed E-state index contributed by atoms with van der Waals surface area (Å²) < 4.78 is 19.9. The second-order valence-electron chi connectivity index (χ2n) is 4.25. The molecule has 0 heterocycles. The van der Waals surface area contributed by atoms with E-state index in [9.17, 15) is 14.5 Å². The minimum Gasteiger partial charge on any atom is -0.489 e. The molecule has 0 bridgehead atoms. The topological polar surface area (TPSA) is 52.4 Å². The number of ether oxygens (including phenoxy) is 1. The van der Waals surface area contributed by atoms with Gasteiger partial charge in [-0.25, -0.2) is 4.39 Å². The maximum atomic E-state index is 13.3. The van der Waals surface area contributed by atoms with Gasteiger partial charge in [0.2, 0.25) is 0 Å². The van der Waals surface area contributed by atoms with Crippen molar-refractivity contribution in [3.63, 3.8) is 0 Å². The van der Waals surface area contributed by atoms with Crippen LogP contribution in [0.1, 0.15) is 11.1 Å². The minimum absolute atomic E-state index is 0.0558. The molecule has 2 aromatic carbocycles. The van der Waals surface area contributed by atoms with Crippen molar-refractivity contribution in [1.29, 1.82) is 0 Å². The van der Waals surface area contributed by atoms with Gasteiger partial charge in [0.05, 0.1) is 11.0 Å². The van der Waals surface area contributed by atoms with Crippen molar-refractivity contribution in [3.05, 3.63) is 67.9 Å². The largest absolute Gasteiger partial charge is 0.489 e. The number of rotatable bonds is 5. The van der Waals surface area contributed by atoms with Gasteiger partial charge in [-0.2, -0.15) is 0 Å². The highest BCUT2D eigenvalue weighted by Gasteiger charge is 2.11. The van der Waals surface area contributed by atoms with Crippen LogP contribution >= 0.6 is 31.9 Å². The average Bonchev–Trinajstić information content (AvgIpc) is 2.45. The molecule has 0 atom stereocenters. The molecule has 0 spiro atoms. The van der Waals surface area contributed by atoms with Gasteiger partial charge in [-0.15, -0.1) is 0 Å². The molecule has 7 heteroatoms. The Balaban J connectivity index is 2.18. The van der Waals surface area contributed by atoms with Crippen molar-refractivity contribution in [3.8, 4) is 5.75 Å². The summed E-state index contributed by atoms with van der Waals surface area (Å²) in [5.41, 5.74) is 1.05. The van der Waals surface area contributed by atoms with Gasteiger partial charge in [0.15, 0.2) is 0 Å². The van der Waals surface area contributed by atoms with Crippen LogP contribution in [0.2, 0.25) is 0 Å². The molecule has 0 aliphatic heterocycles. The molecule has 0 radical (unpaired) electrons. The van der Waals surface area contributed by atoms with E-state index in [2.05, 4.69) is 31.9 Å². The second-order valence-corrected chi connectivity index (χ2v) is 5.73. The van der Waals surface area contributed by atoms with E-state index in [1.54, 1.807) is 6.07 Å². The van der Waals surface area contributed by atoms with Gasteiger partial charge < -0.3 is 4.74 Å². The number of hydrogen-bond donors (Lipinski definition) is 0. The van der Waals surface area contributed by atoms with Crippen LogP contribution < -0.4 is 4.74 Å². The van der Waals surface area contributed by atoms with Crippen LogP contribution in [-0.2, 0) is 11.9 Å². The van der Waals surface area contributed by atoms with E-state index in [0.29, 0.717) is 16.6 Å². The molecule has 4 nitrogen and oxygen atoms in total. The zero-order chi connectivity index (χ0) is 15.4. The fraction of sp³-hybridized carbons (Fsp3) is 0.143. The molecule has 0 saturated carbocycles. The standard InChI is InChI=1S/C14H10Br2FNO3/c15-7-10-5-11(16)1-2-14(10)21-8-9-3-12(17)6-13(4-9)18(19)20/h1-6H,7-8H2. The lowest BCUT2D eigenvalue weighted by Gasteiger charge is -2.10. The van der Waals surface area contributed by atoms with Crippen molar-refractivity contribution in [2.75, 3.05) is 0 Å². The summed E-state index contributed by atoms with van der Waals surface area (Å²) in [4.78, 5) is 10.1. The maximum Gasteiger partial charge on any atom is 0.272 e. The monoisotopic (exact) mass is 417 g/mol. The average molecular weight is 419 g/mol. The molecule has 0 aliphatic carbocycles. The van der Waals surface area contributed by atoms with Crippen molar-refractivity contribution in [2.45, 2.75) is 11.9 Å². The van der Waals surface area contributed by atoms with Gasteiger partial charge in [-0.05, 0) is 29.8 Å². The number of nitro groups is 1. The molecule has 0 saturated heterocycles. The van der Waals surface area contributed by atoms with Crippen LogP contribution in [-0.4, -0.2) is 4.92 Å². The number of nitro benzene ring substituents is 1. The summed E-state index contributed by atoms with van der Waals surface area (Å²) in [6.45, 7) is 0.0558. The van der Waals surface area contributed by atoms with Crippen LogP contribution in [0.5, 0.6) is 5.75 Å². The number of hydrogen-bond acceptors (Lipinski definition) is 3. The van der Waals surface area contributed by atoms with Gasteiger partial charge in [-0.1, -0.05) is 31.9 Å². The quantitative estimate of drug-likeness (QED) is 0.391. The zero-order valence-corrected chi connectivity index (χ0v) is 13.9. The lowest BCUT2D eigenvalue weighted by atomic mass is 10.2. The Morgan fingerprint density at radius 1 is 1.24 bits per heavy atom. The molecule has 2 rings (SSSR count). The van der Waals surface area contributed by atoms with Gasteiger partial charge in [0.25, 0.3) is 5.69 Å². The van der Waals surface area contributed by atoms with Crippen molar-refractivity contribution in [2.24, 2.45) is 0 Å². The molecule has 21 heavy (non-hydrogen) atoms. The lowest BCUT2D eigenvalue weighted by Crippen LogP contribution is -2.00. The van der Waals surface area contributed by atoms with E-state index in [1.807, 2.05) is 12.1 Å². The highest BCUT2D eigenvalue weighted by molar-refractivity contribution is 9.10. The predicted molar refractivity (Wildman–Crippen MR) is 84.2 cm³/mol. The Labute approximate surface area is 137 Å². The molecule has 0 N–H and O–H groups in total. The fourth-order valence-corrected chi connectivity index (χ4v) is 2.62. The summed E-state index contributed by atoms with van der Waals surface area (Å²) in [5, 5.41) is 11.3. The van der Waals surface area contributed by atoms with Crippen LogP contribution in [0, 0.1) is 15.9 Å². The molecule has 0 fully saturated rings. The minimum atomic E-state index is -0.653. The molecule has 0 unspecified atom stereocenters. The Morgan fingerprint density at radius 2 is 2.00 bits per heavy atom. The summed E-state index contributed by atoms with van der Waals surface area (Å²) >= 11 is 6.73. The molecule has 0 amide bonds. The third kappa shape index (κ3) is 4.25. The summed E-state index contributed by atoms with van der Waals surface area (Å²) in [6, 6.07) is 8.92. The first-order valence-electron chi connectivity index (χ1n) is 5.90. The third-order valence-corrected chi connectivity index (χ3v) is 3.81. The van der Waals surface area contributed by atoms with E-state index < -0.39 is 10.7 Å². The van der Waals surface area contributed by atoms with Crippen molar-refractivity contribution in [1.82, 2.24) is 0 Å². The van der Waals surface area contributed by atoms with Crippen molar-refractivity contribution >= 4 is 37.5 Å². The molecule has 0 aliphatic rings. The second kappa shape index (κ2) is 7.00. The van der Waals surface area contributed by atoms with E-state index in [4.69, 9.17) is 4.74 Å². The van der Waals surface area contributed by atoms with E-state index in [0.717, 1.165) is 16.1 Å². The van der Waals surface area contributed by atoms with Gasteiger partial charge in [0, 0.05) is 21.4 Å². The number of nitrogens with zero attached hydrogens (tertiary/aromatic N) is 1. The first-order valence-corrected chi connectivity index (χ1v) is 7.82. The summed E-state index contributed by atoms with van der Waals surface area (Å²) in [7, 11) is 0. The molecule has 110 valence electrons. The summed E-state index contributed by atoms with van der Waals surface area (Å²) in [5.74, 6) is -0.0127. The highest BCUT2D eigenvalue weighted by Crippen LogP contribution is 2.26.